The van der Waals surface area contributed by atoms with E-state index in [0.29, 0.717) is 6.04 Å². The van der Waals surface area contributed by atoms with Crippen molar-refractivity contribution in [3.05, 3.63) is 59.9 Å². The molecule has 1 amide bonds. The third-order valence-electron chi connectivity index (χ3n) is 4.82. The first-order chi connectivity index (χ1) is 12.4. The first kappa shape index (κ1) is 18.4. The summed E-state index contributed by atoms with van der Waals surface area (Å²) in [6.07, 6.45) is 3.89. The summed E-state index contributed by atoms with van der Waals surface area (Å²) >= 11 is 0. The molecule has 1 heterocycles. The Kier molecular flexibility index (Phi) is 5.30. The quantitative estimate of drug-likeness (QED) is 0.768. The van der Waals surface area contributed by atoms with Crippen molar-refractivity contribution in [1.29, 1.82) is 0 Å². The zero-order valence-corrected chi connectivity index (χ0v) is 16.1. The number of benzene rings is 1. The van der Waals surface area contributed by atoms with E-state index in [-0.39, 0.29) is 24.0 Å². The van der Waals surface area contributed by atoms with E-state index in [9.17, 15) is 4.79 Å². The second-order valence-corrected chi connectivity index (χ2v) is 8.03. The van der Waals surface area contributed by atoms with E-state index in [0.717, 1.165) is 24.3 Å². The van der Waals surface area contributed by atoms with Gasteiger partial charge in [0.25, 0.3) is 5.91 Å². The summed E-state index contributed by atoms with van der Waals surface area (Å²) in [5.41, 5.74) is 2.17. The molecule has 1 aromatic carbocycles. The molecule has 0 saturated heterocycles. The number of pyridine rings is 1. The van der Waals surface area contributed by atoms with Gasteiger partial charge in [-0.25, -0.2) is 0 Å². The average molecular weight is 352 g/mol. The highest BCUT2D eigenvalue weighted by atomic mass is 16.5. The van der Waals surface area contributed by atoms with Crippen molar-refractivity contribution in [3.63, 3.8) is 0 Å². The van der Waals surface area contributed by atoms with Crippen LogP contribution in [0.4, 0.5) is 0 Å². The summed E-state index contributed by atoms with van der Waals surface area (Å²) in [5.74, 6) is 0.763. The van der Waals surface area contributed by atoms with Crippen molar-refractivity contribution in [3.8, 4) is 5.75 Å². The molecule has 1 aromatic heterocycles. The Labute approximate surface area is 156 Å². The van der Waals surface area contributed by atoms with Gasteiger partial charge in [0.15, 0.2) is 6.61 Å². The van der Waals surface area contributed by atoms with Gasteiger partial charge in [0.1, 0.15) is 5.75 Å². The predicted molar refractivity (Wildman–Crippen MR) is 103 cm³/mol. The van der Waals surface area contributed by atoms with Crippen LogP contribution in [0.3, 0.4) is 0 Å². The lowest BCUT2D eigenvalue weighted by molar-refractivity contribution is -0.136. The smallest absolute Gasteiger partial charge is 0.261 e. The molecule has 1 unspecified atom stereocenters. The van der Waals surface area contributed by atoms with Gasteiger partial charge >= 0.3 is 0 Å². The molecule has 26 heavy (non-hydrogen) atoms. The first-order valence-corrected chi connectivity index (χ1v) is 9.31. The molecule has 138 valence electrons. The second-order valence-electron chi connectivity index (χ2n) is 8.03. The lowest BCUT2D eigenvalue weighted by Gasteiger charge is -2.29. The van der Waals surface area contributed by atoms with Gasteiger partial charge in [-0.2, -0.15) is 0 Å². The molecule has 4 heteroatoms. The molecule has 1 aliphatic carbocycles. The van der Waals surface area contributed by atoms with Crippen LogP contribution in [-0.4, -0.2) is 28.4 Å². The Balaban J connectivity index is 1.68. The number of carbonyl (C=O) groups excluding carboxylic acids is 1. The van der Waals surface area contributed by atoms with Gasteiger partial charge in [0, 0.05) is 12.2 Å². The second kappa shape index (κ2) is 7.48. The molecule has 1 fully saturated rings. The standard InChI is InChI=1S/C22H28N2O2/c1-16(20-10-5-6-13-23-20)24(18-11-12-18)21(25)15-26-19-9-7-8-17(14-19)22(2,3)4/h5-10,13-14,16,18H,11-12,15H2,1-4H3. The number of rotatable bonds is 6. The van der Waals surface area contributed by atoms with Crippen LogP contribution in [0.1, 0.15) is 57.8 Å². The van der Waals surface area contributed by atoms with Gasteiger partial charge in [-0.05, 0) is 55.0 Å². The Morgan fingerprint density at radius 3 is 2.62 bits per heavy atom. The van der Waals surface area contributed by atoms with Crippen LogP contribution in [0.2, 0.25) is 0 Å². The van der Waals surface area contributed by atoms with E-state index in [2.05, 4.69) is 31.8 Å². The largest absolute Gasteiger partial charge is 0.484 e. The number of ether oxygens (including phenoxy) is 1. The van der Waals surface area contributed by atoms with Crippen molar-refractivity contribution in [2.45, 2.75) is 58.0 Å². The molecule has 1 atom stereocenters. The van der Waals surface area contributed by atoms with E-state index >= 15 is 0 Å². The Morgan fingerprint density at radius 2 is 2.00 bits per heavy atom. The molecule has 1 saturated carbocycles. The minimum atomic E-state index is -0.0410. The Hall–Kier alpha value is -2.36. The summed E-state index contributed by atoms with van der Waals surface area (Å²) in [4.78, 5) is 19.2. The number of carbonyl (C=O) groups is 1. The van der Waals surface area contributed by atoms with Crippen LogP contribution in [-0.2, 0) is 10.2 Å². The summed E-state index contributed by atoms with van der Waals surface area (Å²) in [7, 11) is 0. The molecule has 0 aliphatic heterocycles. The van der Waals surface area contributed by atoms with Crippen LogP contribution < -0.4 is 4.74 Å². The molecule has 0 radical (unpaired) electrons. The monoisotopic (exact) mass is 352 g/mol. The molecule has 4 nitrogen and oxygen atoms in total. The van der Waals surface area contributed by atoms with E-state index in [1.807, 2.05) is 48.2 Å². The van der Waals surface area contributed by atoms with Crippen LogP contribution in [0.15, 0.2) is 48.7 Å². The third kappa shape index (κ3) is 4.43. The molecule has 1 aliphatic rings. The molecule has 0 bridgehead atoms. The molecule has 0 N–H and O–H groups in total. The highest BCUT2D eigenvalue weighted by Gasteiger charge is 2.36. The highest BCUT2D eigenvalue weighted by Crippen LogP contribution is 2.34. The lowest BCUT2D eigenvalue weighted by Crippen LogP contribution is -2.39. The van der Waals surface area contributed by atoms with E-state index in [1.165, 1.54) is 5.56 Å². The van der Waals surface area contributed by atoms with Gasteiger partial charge in [0.2, 0.25) is 0 Å². The van der Waals surface area contributed by atoms with Crippen molar-refractivity contribution in [1.82, 2.24) is 9.88 Å². The minimum Gasteiger partial charge on any atom is -0.484 e. The maximum absolute atomic E-state index is 12.9. The fourth-order valence-electron chi connectivity index (χ4n) is 3.13. The maximum atomic E-state index is 12.9. The summed E-state index contributed by atoms with van der Waals surface area (Å²) in [6, 6.07) is 14.1. The predicted octanol–water partition coefficient (Wildman–Crippen LogP) is 4.51. The number of nitrogens with zero attached hydrogens (tertiary/aromatic N) is 2. The Morgan fingerprint density at radius 1 is 1.23 bits per heavy atom. The van der Waals surface area contributed by atoms with Gasteiger partial charge in [-0.3, -0.25) is 9.78 Å². The summed E-state index contributed by atoms with van der Waals surface area (Å²) in [5, 5.41) is 0. The van der Waals surface area contributed by atoms with Gasteiger partial charge in [-0.1, -0.05) is 39.0 Å². The number of hydrogen-bond acceptors (Lipinski definition) is 3. The third-order valence-corrected chi connectivity index (χ3v) is 4.82. The zero-order valence-electron chi connectivity index (χ0n) is 16.1. The maximum Gasteiger partial charge on any atom is 0.261 e. The summed E-state index contributed by atoms with van der Waals surface area (Å²) < 4.78 is 5.84. The number of amides is 1. The zero-order chi connectivity index (χ0) is 18.7. The Bertz CT molecular complexity index is 748. The molecule has 0 spiro atoms. The van der Waals surface area contributed by atoms with Crippen molar-refractivity contribution < 1.29 is 9.53 Å². The van der Waals surface area contributed by atoms with Crippen LogP contribution in [0.25, 0.3) is 0 Å². The van der Waals surface area contributed by atoms with Crippen molar-refractivity contribution in [2.75, 3.05) is 6.61 Å². The molecular formula is C22H28N2O2. The first-order valence-electron chi connectivity index (χ1n) is 9.31. The van der Waals surface area contributed by atoms with E-state index in [4.69, 9.17) is 4.74 Å². The molecule has 3 rings (SSSR count). The molecular weight excluding hydrogens is 324 g/mol. The normalized spacial score (nSPS) is 15.4. The highest BCUT2D eigenvalue weighted by molar-refractivity contribution is 5.79. The van der Waals surface area contributed by atoms with Crippen LogP contribution >= 0.6 is 0 Å². The van der Waals surface area contributed by atoms with Crippen LogP contribution in [0.5, 0.6) is 5.75 Å². The van der Waals surface area contributed by atoms with Gasteiger partial charge in [0.05, 0.1) is 11.7 Å². The van der Waals surface area contributed by atoms with Gasteiger partial charge < -0.3 is 9.64 Å². The molecule has 2 aromatic rings. The fourth-order valence-corrected chi connectivity index (χ4v) is 3.13. The van der Waals surface area contributed by atoms with Crippen LogP contribution in [0, 0.1) is 0 Å². The lowest BCUT2D eigenvalue weighted by atomic mass is 9.87. The minimum absolute atomic E-state index is 0.0202. The fraction of sp³-hybridized carbons (Fsp3) is 0.455. The average Bonchev–Trinajstić information content (AvgIpc) is 3.45. The van der Waals surface area contributed by atoms with Crippen molar-refractivity contribution in [2.24, 2.45) is 0 Å². The van der Waals surface area contributed by atoms with Gasteiger partial charge in [-0.15, -0.1) is 0 Å². The van der Waals surface area contributed by atoms with E-state index < -0.39 is 0 Å². The number of hydrogen-bond donors (Lipinski definition) is 0. The topological polar surface area (TPSA) is 42.4 Å². The summed E-state index contributed by atoms with van der Waals surface area (Å²) in [6.45, 7) is 8.60. The van der Waals surface area contributed by atoms with E-state index in [1.54, 1.807) is 6.20 Å². The number of aromatic nitrogens is 1. The SMILES string of the molecule is CC(c1ccccn1)N(C(=O)COc1cccc(C(C)(C)C)c1)C1CC1. The van der Waals surface area contributed by atoms with Crippen molar-refractivity contribution >= 4 is 5.91 Å².